The summed E-state index contributed by atoms with van der Waals surface area (Å²) in [4.78, 5) is 26.0. The monoisotopic (exact) mass is 384 g/mol. The number of hydrogen-bond acceptors (Lipinski definition) is 5. The smallest absolute Gasteiger partial charge is 0.407 e. The summed E-state index contributed by atoms with van der Waals surface area (Å²) in [6.07, 6.45) is -3.70. The number of ether oxygens (including phenoxy) is 1. The molecule has 0 bridgehead atoms. The van der Waals surface area contributed by atoms with Gasteiger partial charge in [0.15, 0.2) is 0 Å². The Labute approximate surface area is 160 Å². The largest absolute Gasteiger partial charge is 0.477 e. The molecule has 2 unspecified atom stereocenters. The van der Waals surface area contributed by atoms with Crippen molar-refractivity contribution < 1.29 is 29.6 Å². The summed E-state index contributed by atoms with van der Waals surface area (Å²) in [5.41, 5.74) is 1.19. The number of amides is 1. The fraction of sp³-hybridized carbons (Fsp3) is 0.200. The van der Waals surface area contributed by atoms with E-state index in [1.54, 1.807) is 36.4 Å². The lowest BCUT2D eigenvalue weighted by molar-refractivity contribution is 0.0182. The van der Waals surface area contributed by atoms with Crippen LogP contribution in [0.3, 0.4) is 0 Å². The summed E-state index contributed by atoms with van der Waals surface area (Å²) in [5, 5.41) is 33.0. The minimum atomic E-state index is -1.52. The van der Waals surface area contributed by atoms with Gasteiger partial charge in [-0.05, 0) is 11.6 Å². The number of rotatable bonds is 7. The van der Waals surface area contributed by atoms with Crippen LogP contribution in [0.15, 0.2) is 54.6 Å². The van der Waals surface area contributed by atoms with E-state index in [1.165, 1.54) is 0 Å². The van der Waals surface area contributed by atoms with Gasteiger partial charge in [-0.2, -0.15) is 0 Å². The highest BCUT2D eigenvalue weighted by atomic mass is 16.5. The lowest BCUT2D eigenvalue weighted by atomic mass is 10.0. The molecule has 0 fully saturated rings. The quantitative estimate of drug-likeness (QED) is 0.424. The maximum absolute atomic E-state index is 11.8. The first kappa shape index (κ1) is 19.4. The zero-order valence-electron chi connectivity index (χ0n) is 14.8. The summed E-state index contributed by atoms with van der Waals surface area (Å²) in [5.74, 6) is -1.26. The second-order valence-electron chi connectivity index (χ2n) is 6.22. The number of carbonyl (C=O) groups excluding carboxylic acids is 1. The average Bonchev–Trinajstić information content (AvgIpc) is 3.10. The van der Waals surface area contributed by atoms with Crippen LogP contribution >= 0.6 is 0 Å². The Bertz CT molecular complexity index is 969. The third kappa shape index (κ3) is 4.30. The predicted octanol–water partition coefficient (Wildman–Crippen LogP) is 2.19. The molecular formula is C20H20N2O6. The number of aromatic nitrogens is 1. The topological polar surface area (TPSA) is 132 Å². The fourth-order valence-electron chi connectivity index (χ4n) is 2.91. The Kier molecular flexibility index (Phi) is 5.93. The van der Waals surface area contributed by atoms with Crippen LogP contribution in [0.4, 0.5) is 4.79 Å². The molecule has 0 aliphatic carbocycles. The van der Waals surface area contributed by atoms with E-state index >= 15 is 0 Å². The van der Waals surface area contributed by atoms with Crippen molar-refractivity contribution in [1.29, 1.82) is 0 Å². The maximum Gasteiger partial charge on any atom is 0.407 e. The van der Waals surface area contributed by atoms with E-state index in [-0.39, 0.29) is 24.4 Å². The predicted molar refractivity (Wildman–Crippen MR) is 101 cm³/mol. The summed E-state index contributed by atoms with van der Waals surface area (Å²) >= 11 is 0. The number of carboxylic acids is 1. The third-order valence-corrected chi connectivity index (χ3v) is 4.29. The van der Waals surface area contributed by atoms with Gasteiger partial charge in [0.1, 0.15) is 24.5 Å². The second-order valence-corrected chi connectivity index (χ2v) is 6.22. The lowest BCUT2D eigenvalue weighted by Crippen LogP contribution is -2.36. The highest BCUT2D eigenvalue weighted by Crippen LogP contribution is 2.30. The van der Waals surface area contributed by atoms with E-state index in [0.717, 1.165) is 5.56 Å². The van der Waals surface area contributed by atoms with Crippen molar-refractivity contribution >= 4 is 23.0 Å². The van der Waals surface area contributed by atoms with Gasteiger partial charge in [0.05, 0.1) is 0 Å². The van der Waals surface area contributed by atoms with Crippen LogP contribution in [-0.4, -0.2) is 45.0 Å². The molecule has 0 saturated heterocycles. The molecule has 5 N–H and O–H groups in total. The number of carbonyl (C=O) groups is 2. The van der Waals surface area contributed by atoms with Crippen LogP contribution in [0, 0.1) is 0 Å². The standard InChI is InChI=1S/C20H20N2O6/c23-15(10-21-20(27)28-11-12-6-2-1-3-7-12)18(24)16-13-8-4-5-9-14(13)22-17(16)19(25)26/h1-9,15,18,22-24H,10-11H2,(H,21,27)(H,25,26). The van der Waals surface area contributed by atoms with Crippen LogP contribution < -0.4 is 5.32 Å². The van der Waals surface area contributed by atoms with Crippen molar-refractivity contribution in [3.05, 3.63) is 71.4 Å². The summed E-state index contributed by atoms with van der Waals surface area (Å²) < 4.78 is 5.04. The first-order chi connectivity index (χ1) is 13.5. The molecule has 28 heavy (non-hydrogen) atoms. The van der Waals surface area contributed by atoms with Gasteiger partial charge >= 0.3 is 12.1 Å². The Balaban J connectivity index is 1.64. The number of fused-ring (bicyclic) bond motifs is 1. The van der Waals surface area contributed by atoms with Crippen molar-refractivity contribution in [1.82, 2.24) is 10.3 Å². The van der Waals surface area contributed by atoms with Crippen LogP contribution in [0.25, 0.3) is 10.9 Å². The number of aliphatic hydroxyl groups is 2. The zero-order valence-corrected chi connectivity index (χ0v) is 14.8. The van der Waals surface area contributed by atoms with Crippen LogP contribution in [0.1, 0.15) is 27.7 Å². The van der Waals surface area contributed by atoms with Crippen LogP contribution in [-0.2, 0) is 11.3 Å². The van der Waals surface area contributed by atoms with Gasteiger partial charge in [0.2, 0.25) is 0 Å². The molecule has 3 aromatic rings. The molecule has 0 spiro atoms. The molecule has 1 aromatic heterocycles. The van der Waals surface area contributed by atoms with Crippen molar-refractivity contribution in [2.24, 2.45) is 0 Å². The third-order valence-electron chi connectivity index (χ3n) is 4.29. The molecule has 1 heterocycles. The second kappa shape index (κ2) is 8.55. The number of aliphatic hydroxyl groups excluding tert-OH is 2. The Morgan fingerprint density at radius 3 is 2.43 bits per heavy atom. The minimum absolute atomic E-state index is 0.0649. The molecule has 146 valence electrons. The van der Waals surface area contributed by atoms with Crippen molar-refractivity contribution in [3.63, 3.8) is 0 Å². The van der Waals surface area contributed by atoms with Crippen molar-refractivity contribution in [3.8, 4) is 0 Å². The molecule has 1 amide bonds. The molecule has 0 aliphatic rings. The van der Waals surface area contributed by atoms with E-state index in [4.69, 9.17) is 4.74 Å². The first-order valence-electron chi connectivity index (χ1n) is 8.62. The van der Waals surface area contributed by atoms with Crippen molar-refractivity contribution in [2.75, 3.05) is 6.54 Å². The molecule has 2 atom stereocenters. The molecule has 0 saturated carbocycles. The molecule has 8 nitrogen and oxygen atoms in total. The van der Waals surface area contributed by atoms with E-state index in [0.29, 0.717) is 10.9 Å². The van der Waals surface area contributed by atoms with Crippen LogP contribution in [0.5, 0.6) is 0 Å². The first-order valence-corrected chi connectivity index (χ1v) is 8.62. The van der Waals surface area contributed by atoms with Gasteiger partial charge in [-0.25, -0.2) is 9.59 Å². The number of benzene rings is 2. The molecular weight excluding hydrogens is 364 g/mol. The number of carboxylic acid groups (broad SMARTS) is 1. The SMILES string of the molecule is O=C(NCC(O)C(O)c1c(C(=O)O)[nH]c2ccccc12)OCc1ccccc1. The highest BCUT2D eigenvalue weighted by molar-refractivity contribution is 5.97. The van der Waals surface area contributed by atoms with Gasteiger partial charge in [-0.15, -0.1) is 0 Å². The van der Waals surface area contributed by atoms with Crippen LogP contribution in [0.2, 0.25) is 0 Å². The molecule has 0 aliphatic heterocycles. The molecule has 0 radical (unpaired) electrons. The minimum Gasteiger partial charge on any atom is -0.477 e. The number of alkyl carbamates (subject to hydrolysis) is 1. The zero-order chi connectivity index (χ0) is 20.1. The average molecular weight is 384 g/mol. The van der Waals surface area contributed by atoms with E-state index in [1.807, 2.05) is 18.2 Å². The number of para-hydroxylation sites is 1. The van der Waals surface area contributed by atoms with Gasteiger partial charge in [-0.3, -0.25) is 0 Å². The molecule has 2 aromatic carbocycles. The summed E-state index contributed by atoms with van der Waals surface area (Å²) in [6.45, 7) is -0.246. The number of aromatic amines is 1. The Hall–Kier alpha value is -3.36. The Morgan fingerprint density at radius 2 is 1.71 bits per heavy atom. The molecule has 3 rings (SSSR count). The summed E-state index contributed by atoms with van der Waals surface area (Å²) in [7, 11) is 0. The van der Waals surface area contributed by atoms with Gasteiger partial charge in [0, 0.05) is 23.0 Å². The fourth-order valence-corrected chi connectivity index (χ4v) is 2.91. The summed E-state index contributed by atoms with van der Waals surface area (Å²) in [6, 6.07) is 15.8. The molecule has 8 heteroatoms. The van der Waals surface area contributed by atoms with E-state index in [9.17, 15) is 24.9 Å². The number of hydrogen-bond donors (Lipinski definition) is 5. The number of H-pyrrole nitrogens is 1. The number of aromatic carboxylic acids is 1. The normalized spacial score (nSPS) is 13.1. The maximum atomic E-state index is 11.8. The van der Waals surface area contributed by atoms with E-state index in [2.05, 4.69) is 10.3 Å². The van der Waals surface area contributed by atoms with Gasteiger partial charge in [-0.1, -0.05) is 48.5 Å². The number of nitrogens with one attached hydrogen (secondary N) is 2. The van der Waals surface area contributed by atoms with Gasteiger partial charge < -0.3 is 30.4 Å². The van der Waals surface area contributed by atoms with Crippen molar-refractivity contribution in [2.45, 2.75) is 18.8 Å². The van der Waals surface area contributed by atoms with E-state index < -0.39 is 24.3 Å². The lowest BCUT2D eigenvalue weighted by Gasteiger charge is -2.19. The van der Waals surface area contributed by atoms with Gasteiger partial charge in [0.25, 0.3) is 0 Å². The Morgan fingerprint density at radius 1 is 1.04 bits per heavy atom. The highest BCUT2D eigenvalue weighted by Gasteiger charge is 2.28.